The van der Waals surface area contributed by atoms with Crippen molar-refractivity contribution in [1.29, 1.82) is 0 Å². The molecule has 1 aromatic carbocycles. The summed E-state index contributed by atoms with van der Waals surface area (Å²) in [6, 6.07) is 7.55. The number of carbonyl (C=O) groups is 1. The quantitative estimate of drug-likeness (QED) is 0.801. The predicted octanol–water partition coefficient (Wildman–Crippen LogP) is 1.58. The number of ether oxygens (including phenoxy) is 2. The van der Waals surface area contributed by atoms with Crippen molar-refractivity contribution in [2.45, 2.75) is 25.8 Å². The Hall–Kier alpha value is -1.75. The third-order valence-corrected chi connectivity index (χ3v) is 3.59. The van der Waals surface area contributed by atoms with Crippen LogP contribution in [0.3, 0.4) is 0 Å². The molecule has 0 bridgehead atoms. The van der Waals surface area contributed by atoms with Gasteiger partial charge in [0, 0.05) is 12.5 Å². The lowest BCUT2D eigenvalue weighted by molar-refractivity contribution is -0.123. The van der Waals surface area contributed by atoms with Crippen LogP contribution in [0.2, 0.25) is 0 Å². The Balaban J connectivity index is 1.71. The van der Waals surface area contributed by atoms with E-state index < -0.39 is 0 Å². The third kappa shape index (κ3) is 4.63. The SMILES string of the molecule is COc1ccccc1OC[C@@H](C)CNC(=O)[C@@H]1CCCN1. The normalized spacial score (nSPS) is 19.0. The fourth-order valence-electron chi connectivity index (χ4n) is 2.34. The van der Waals surface area contributed by atoms with Gasteiger partial charge in [-0.3, -0.25) is 4.79 Å². The van der Waals surface area contributed by atoms with Crippen LogP contribution >= 0.6 is 0 Å². The smallest absolute Gasteiger partial charge is 0.237 e. The van der Waals surface area contributed by atoms with Crippen LogP contribution < -0.4 is 20.1 Å². The highest BCUT2D eigenvalue weighted by atomic mass is 16.5. The van der Waals surface area contributed by atoms with Crippen molar-refractivity contribution in [3.63, 3.8) is 0 Å². The number of hydrogen-bond donors (Lipinski definition) is 2. The molecular formula is C16H24N2O3. The van der Waals surface area contributed by atoms with Crippen molar-refractivity contribution in [3.8, 4) is 11.5 Å². The minimum absolute atomic E-state index is 0.0210. The molecule has 0 unspecified atom stereocenters. The standard InChI is InChI=1S/C16H24N2O3/c1-12(10-18-16(19)13-6-5-9-17-13)11-21-15-8-4-3-7-14(15)20-2/h3-4,7-8,12-13,17H,5-6,9-11H2,1-2H3,(H,18,19)/t12-,13-/m0/s1. The molecule has 0 radical (unpaired) electrons. The van der Waals surface area contributed by atoms with Gasteiger partial charge < -0.3 is 20.1 Å². The lowest BCUT2D eigenvalue weighted by atomic mass is 10.1. The molecule has 2 atom stereocenters. The zero-order valence-electron chi connectivity index (χ0n) is 12.7. The van der Waals surface area contributed by atoms with Crippen LogP contribution in [0.5, 0.6) is 11.5 Å². The predicted molar refractivity (Wildman–Crippen MR) is 81.7 cm³/mol. The third-order valence-electron chi connectivity index (χ3n) is 3.59. The Kier molecular flexibility index (Phi) is 5.87. The summed E-state index contributed by atoms with van der Waals surface area (Å²) in [7, 11) is 1.63. The molecule has 1 fully saturated rings. The lowest BCUT2D eigenvalue weighted by Crippen LogP contribution is -2.42. The van der Waals surface area contributed by atoms with Gasteiger partial charge in [-0.1, -0.05) is 19.1 Å². The fourth-order valence-corrected chi connectivity index (χ4v) is 2.34. The Morgan fingerprint density at radius 1 is 1.43 bits per heavy atom. The summed E-state index contributed by atoms with van der Waals surface area (Å²) in [6.45, 7) is 4.15. The van der Waals surface area contributed by atoms with Gasteiger partial charge in [-0.15, -0.1) is 0 Å². The second kappa shape index (κ2) is 7.88. The molecule has 2 N–H and O–H groups in total. The number of para-hydroxylation sites is 2. The first-order valence-electron chi connectivity index (χ1n) is 7.47. The number of amides is 1. The first kappa shape index (κ1) is 15.6. The molecule has 1 aliphatic rings. The van der Waals surface area contributed by atoms with E-state index in [4.69, 9.17) is 9.47 Å². The van der Waals surface area contributed by atoms with E-state index >= 15 is 0 Å². The van der Waals surface area contributed by atoms with E-state index in [0.29, 0.717) is 13.2 Å². The van der Waals surface area contributed by atoms with Crippen molar-refractivity contribution in [3.05, 3.63) is 24.3 Å². The van der Waals surface area contributed by atoms with E-state index in [1.165, 1.54) is 0 Å². The molecule has 2 rings (SSSR count). The molecule has 1 amide bonds. The molecule has 21 heavy (non-hydrogen) atoms. The van der Waals surface area contributed by atoms with Crippen LogP contribution in [0.15, 0.2) is 24.3 Å². The van der Waals surface area contributed by atoms with Crippen LogP contribution in [0, 0.1) is 5.92 Å². The van der Waals surface area contributed by atoms with Gasteiger partial charge in [-0.2, -0.15) is 0 Å². The number of nitrogens with one attached hydrogen (secondary N) is 2. The zero-order chi connectivity index (χ0) is 15.1. The second-order valence-corrected chi connectivity index (χ2v) is 5.46. The Bertz CT molecular complexity index is 459. The van der Waals surface area contributed by atoms with Crippen molar-refractivity contribution >= 4 is 5.91 Å². The van der Waals surface area contributed by atoms with Gasteiger partial charge in [-0.05, 0) is 31.5 Å². The summed E-state index contributed by atoms with van der Waals surface area (Å²) < 4.78 is 11.0. The van der Waals surface area contributed by atoms with Gasteiger partial charge in [0.25, 0.3) is 0 Å². The van der Waals surface area contributed by atoms with Gasteiger partial charge in [0.2, 0.25) is 5.91 Å². The number of hydrogen-bond acceptors (Lipinski definition) is 4. The Morgan fingerprint density at radius 3 is 2.86 bits per heavy atom. The van der Waals surface area contributed by atoms with Gasteiger partial charge in [0.15, 0.2) is 11.5 Å². The molecule has 0 aromatic heterocycles. The molecule has 0 aliphatic carbocycles. The van der Waals surface area contributed by atoms with E-state index in [9.17, 15) is 4.79 Å². The van der Waals surface area contributed by atoms with Crippen LogP contribution in [0.25, 0.3) is 0 Å². The minimum Gasteiger partial charge on any atom is -0.493 e. The summed E-state index contributed by atoms with van der Waals surface area (Å²) in [5.74, 6) is 1.79. The number of rotatable bonds is 7. The monoisotopic (exact) mass is 292 g/mol. The highest BCUT2D eigenvalue weighted by Crippen LogP contribution is 2.26. The molecule has 1 aromatic rings. The van der Waals surface area contributed by atoms with Crippen LogP contribution in [0.1, 0.15) is 19.8 Å². The molecule has 5 heteroatoms. The van der Waals surface area contributed by atoms with Gasteiger partial charge in [0.05, 0.1) is 19.8 Å². The van der Waals surface area contributed by atoms with Crippen molar-refractivity contribution < 1.29 is 14.3 Å². The van der Waals surface area contributed by atoms with Gasteiger partial charge >= 0.3 is 0 Å². The number of benzene rings is 1. The maximum absolute atomic E-state index is 11.9. The summed E-state index contributed by atoms with van der Waals surface area (Å²) in [5, 5.41) is 6.17. The average molecular weight is 292 g/mol. The lowest BCUT2D eigenvalue weighted by Gasteiger charge is -2.17. The Labute approximate surface area is 126 Å². The van der Waals surface area contributed by atoms with Crippen LogP contribution in [0.4, 0.5) is 0 Å². The number of carbonyl (C=O) groups excluding carboxylic acids is 1. The number of methoxy groups -OCH3 is 1. The van der Waals surface area contributed by atoms with Crippen molar-refractivity contribution in [2.24, 2.45) is 5.92 Å². The summed E-state index contributed by atoms with van der Waals surface area (Å²) in [6.07, 6.45) is 2.00. The molecule has 0 saturated carbocycles. The van der Waals surface area contributed by atoms with Gasteiger partial charge in [0.1, 0.15) is 0 Å². The first-order valence-corrected chi connectivity index (χ1v) is 7.47. The van der Waals surface area contributed by atoms with Crippen molar-refractivity contribution in [1.82, 2.24) is 10.6 Å². The molecule has 1 saturated heterocycles. The average Bonchev–Trinajstić information content (AvgIpc) is 3.05. The second-order valence-electron chi connectivity index (χ2n) is 5.46. The molecular weight excluding hydrogens is 268 g/mol. The largest absolute Gasteiger partial charge is 0.493 e. The van der Waals surface area contributed by atoms with E-state index in [1.807, 2.05) is 24.3 Å². The van der Waals surface area contributed by atoms with E-state index in [0.717, 1.165) is 30.9 Å². The highest BCUT2D eigenvalue weighted by Gasteiger charge is 2.21. The van der Waals surface area contributed by atoms with Crippen molar-refractivity contribution in [2.75, 3.05) is 26.8 Å². The summed E-state index contributed by atoms with van der Waals surface area (Å²) >= 11 is 0. The molecule has 0 spiro atoms. The topological polar surface area (TPSA) is 59.6 Å². The minimum atomic E-state index is -0.0210. The molecule has 5 nitrogen and oxygen atoms in total. The molecule has 116 valence electrons. The first-order chi connectivity index (χ1) is 10.2. The summed E-state index contributed by atoms with van der Waals surface area (Å²) in [5.41, 5.74) is 0. The zero-order valence-corrected chi connectivity index (χ0v) is 12.7. The van der Waals surface area contributed by atoms with E-state index in [2.05, 4.69) is 17.6 Å². The van der Waals surface area contributed by atoms with Crippen LogP contribution in [-0.4, -0.2) is 38.8 Å². The van der Waals surface area contributed by atoms with Gasteiger partial charge in [-0.25, -0.2) is 0 Å². The molecule has 1 heterocycles. The van der Waals surface area contributed by atoms with Crippen LogP contribution in [-0.2, 0) is 4.79 Å². The van der Waals surface area contributed by atoms with E-state index in [1.54, 1.807) is 7.11 Å². The summed E-state index contributed by atoms with van der Waals surface area (Å²) in [4.78, 5) is 11.9. The molecule has 1 aliphatic heterocycles. The Morgan fingerprint density at radius 2 is 2.19 bits per heavy atom. The maximum Gasteiger partial charge on any atom is 0.237 e. The van der Waals surface area contributed by atoms with E-state index in [-0.39, 0.29) is 17.9 Å². The fraction of sp³-hybridized carbons (Fsp3) is 0.562. The maximum atomic E-state index is 11.9. The highest BCUT2D eigenvalue weighted by molar-refractivity contribution is 5.81.